The Morgan fingerprint density at radius 3 is 2.67 bits per heavy atom. The highest BCUT2D eigenvalue weighted by Gasteiger charge is 2.03. The lowest BCUT2D eigenvalue weighted by Crippen LogP contribution is -2.05. The Morgan fingerprint density at radius 2 is 2.06 bits per heavy atom. The molecule has 4 heteroatoms. The first-order valence-electron chi connectivity index (χ1n) is 5.80. The minimum absolute atomic E-state index is 0.0627. The van der Waals surface area contributed by atoms with Crippen LogP contribution >= 0.6 is 0 Å². The predicted molar refractivity (Wildman–Crippen MR) is 67.4 cm³/mol. The van der Waals surface area contributed by atoms with Gasteiger partial charge < -0.3 is 9.47 Å². The molecule has 98 valence electrons. The van der Waals surface area contributed by atoms with Crippen LogP contribution in [0.2, 0.25) is 0 Å². The van der Waals surface area contributed by atoms with E-state index in [0.717, 1.165) is 5.56 Å². The summed E-state index contributed by atoms with van der Waals surface area (Å²) in [6.07, 6.45) is 2.48. The molecule has 0 atom stereocenters. The number of carbonyl (C=O) groups is 1. The maximum atomic E-state index is 11.9. The van der Waals surface area contributed by atoms with Crippen LogP contribution in [0.3, 0.4) is 0 Å². The van der Waals surface area contributed by atoms with Crippen LogP contribution in [0.5, 0.6) is 5.75 Å². The van der Waals surface area contributed by atoms with Gasteiger partial charge >= 0.3 is 5.97 Å². The average Bonchev–Trinajstić information content (AvgIpc) is 2.41. The number of alkyl halides is 1. The van der Waals surface area contributed by atoms with E-state index >= 15 is 0 Å². The zero-order valence-corrected chi connectivity index (χ0v) is 10.2. The third-order valence-corrected chi connectivity index (χ3v) is 2.25. The summed E-state index contributed by atoms with van der Waals surface area (Å²) in [5.74, 6) is 0.387. The Balaban J connectivity index is 2.34. The molecule has 0 saturated carbocycles. The van der Waals surface area contributed by atoms with Crippen molar-refractivity contribution in [3.63, 3.8) is 0 Å². The second-order valence-corrected chi connectivity index (χ2v) is 3.65. The summed E-state index contributed by atoms with van der Waals surface area (Å²) in [7, 11) is 0. The monoisotopic (exact) mass is 252 g/mol. The van der Waals surface area contributed by atoms with Crippen LogP contribution in [0, 0.1) is 0 Å². The van der Waals surface area contributed by atoms with E-state index in [-0.39, 0.29) is 19.2 Å². The van der Waals surface area contributed by atoms with Crippen LogP contribution in [-0.2, 0) is 16.0 Å². The minimum atomic E-state index is -0.503. The summed E-state index contributed by atoms with van der Waals surface area (Å²) in [6, 6.07) is 7.24. The number of halogens is 1. The van der Waals surface area contributed by atoms with Crippen LogP contribution in [0.1, 0.15) is 12.0 Å². The van der Waals surface area contributed by atoms with Gasteiger partial charge in [-0.1, -0.05) is 24.8 Å². The van der Waals surface area contributed by atoms with Gasteiger partial charge in [-0.25, -0.2) is 4.39 Å². The first-order valence-corrected chi connectivity index (χ1v) is 5.80. The van der Waals surface area contributed by atoms with Crippen molar-refractivity contribution in [2.24, 2.45) is 0 Å². The number of hydrogen-bond donors (Lipinski definition) is 0. The van der Waals surface area contributed by atoms with E-state index in [1.807, 2.05) is 12.1 Å². The molecule has 0 bridgehead atoms. The molecule has 1 aromatic carbocycles. The molecule has 0 aromatic heterocycles. The molecule has 0 aliphatic carbocycles. The Morgan fingerprint density at radius 1 is 1.33 bits per heavy atom. The maximum absolute atomic E-state index is 11.9. The Hall–Kier alpha value is -1.84. The predicted octanol–water partition coefficient (Wildman–Crippen LogP) is 2.70. The molecule has 0 fully saturated rings. The van der Waals surface area contributed by atoms with E-state index in [0.29, 0.717) is 18.6 Å². The van der Waals surface area contributed by atoms with Crippen molar-refractivity contribution in [2.75, 3.05) is 19.9 Å². The topological polar surface area (TPSA) is 35.5 Å². The van der Waals surface area contributed by atoms with Crippen LogP contribution in [-0.4, -0.2) is 25.9 Å². The molecule has 0 aliphatic rings. The number of benzene rings is 1. The number of ether oxygens (including phenoxy) is 2. The van der Waals surface area contributed by atoms with Crippen molar-refractivity contribution in [1.29, 1.82) is 0 Å². The van der Waals surface area contributed by atoms with E-state index in [1.54, 1.807) is 12.1 Å². The molecule has 0 N–H and O–H groups in total. The number of rotatable bonds is 8. The first kappa shape index (κ1) is 14.2. The summed E-state index contributed by atoms with van der Waals surface area (Å²) in [5, 5.41) is 0. The number of esters is 1. The SMILES string of the molecule is C=CCOC(=O)CCc1ccc(OCCF)cc1. The zero-order valence-electron chi connectivity index (χ0n) is 10.2. The maximum Gasteiger partial charge on any atom is 0.306 e. The molecular formula is C14H17FO3. The third kappa shape index (κ3) is 5.48. The minimum Gasteiger partial charge on any atom is -0.491 e. The Bertz CT molecular complexity index is 373. The third-order valence-electron chi connectivity index (χ3n) is 2.25. The fourth-order valence-corrected chi connectivity index (χ4v) is 1.38. The van der Waals surface area contributed by atoms with Crippen LogP contribution in [0.15, 0.2) is 36.9 Å². The first-order chi connectivity index (χ1) is 8.76. The van der Waals surface area contributed by atoms with Gasteiger partial charge in [-0.3, -0.25) is 4.79 Å². The van der Waals surface area contributed by atoms with E-state index < -0.39 is 6.67 Å². The molecular weight excluding hydrogens is 235 g/mol. The molecule has 0 amide bonds. The summed E-state index contributed by atoms with van der Waals surface area (Å²) in [4.78, 5) is 11.2. The van der Waals surface area contributed by atoms with E-state index in [2.05, 4.69) is 6.58 Å². The zero-order chi connectivity index (χ0) is 13.2. The lowest BCUT2D eigenvalue weighted by atomic mass is 10.1. The normalized spacial score (nSPS) is 9.83. The Labute approximate surface area is 106 Å². The van der Waals surface area contributed by atoms with Crippen molar-refractivity contribution in [3.05, 3.63) is 42.5 Å². The van der Waals surface area contributed by atoms with Crippen molar-refractivity contribution in [2.45, 2.75) is 12.8 Å². The standard InChI is InChI=1S/C14H17FO3/c1-2-10-18-14(16)8-5-12-3-6-13(7-4-12)17-11-9-15/h2-4,6-7H,1,5,8-11H2. The van der Waals surface area contributed by atoms with Crippen LogP contribution < -0.4 is 4.74 Å². The molecule has 0 heterocycles. The molecule has 0 aliphatic heterocycles. The summed E-state index contributed by atoms with van der Waals surface area (Å²) < 4.78 is 21.9. The highest BCUT2D eigenvalue weighted by atomic mass is 19.1. The van der Waals surface area contributed by atoms with Crippen LogP contribution in [0.25, 0.3) is 0 Å². The van der Waals surface area contributed by atoms with E-state index in [4.69, 9.17) is 9.47 Å². The molecule has 3 nitrogen and oxygen atoms in total. The van der Waals surface area contributed by atoms with Crippen molar-refractivity contribution >= 4 is 5.97 Å². The molecule has 18 heavy (non-hydrogen) atoms. The highest BCUT2D eigenvalue weighted by Crippen LogP contribution is 2.13. The summed E-state index contributed by atoms with van der Waals surface area (Å²) in [5.41, 5.74) is 1.01. The Kier molecular flexibility index (Phi) is 6.54. The summed E-state index contributed by atoms with van der Waals surface area (Å²) in [6.45, 7) is 3.27. The van der Waals surface area contributed by atoms with E-state index in [9.17, 15) is 9.18 Å². The number of aryl methyl sites for hydroxylation is 1. The second kappa shape index (κ2) is 8.28. The van der Waals surface area contributed by atoms with Gasteiger partial charge in [0, 0.05) is 6.42 Å². The quantitative estimate of drug-likeness (QED) is 0.527. The molecule has 0 spiro atoms. The smallest absolute Gasteiger partial charge is 0.306 e. The molecule has 1 rings (SSSR count). The van der Waals surface area contributed by atoms with Gasteiger partial charge in [0.05, 0.1) is 0 Å². The van der Waals surface area contributed by atoms with Gasteiger partial charge in [0.25, 0.3) is 0 Å². The van der Waals surface area contributed by atoms with E-state index in [1.165, 1.54) is 6.08 Å². The van der Waals surface area contributed by atoms with Crippen LogP contribution in [0.4, 0.5) is 4.39 Å². The van der Waals surface area contributed by atoms with Gasteiger partial charge in [-0.05, 0) is 24.1 Å². The van der Waals surface area contributed by atoms with Crippen molar-refractivity contribution in [3.8, 4) is 5.75 Å². The van der Waals surface area contributed by atoms with Crippen molar-refractivity contribution < 1.29 is 18.7 Å². The fourth-order valence-electron chi connectivity index (χ4n) is 1.38. The lowest BCUT2D eigenvalue weighted by molar-refractivity contribution is -0.142. The molecule has 0 unspecified atom stereocenters. The summed E-state index contributed by atoms with van der Waals surface area (Å²) >= 11 is 0. The molecule has 0 saturated heterocycles. The highest BCUT2D eigenvalue weighted by molar-refractivity contribution is 5.69. The number of hydrogen-bond acceptors (Lipinski definition) is 3. The number of carbonyl (C=O) groups excluding carboxylic acids is 1. The fraction of sp³-hybridized carbons (Fsp3) is 0.357. The van der Waals surface area contributed by atoms with Crippen molar-refractivity contribution in [1.82, 2.24) is 0 Å². The molecule has 1 aromatic rings. The lowest BCUT2D eigenvalue weighted by Gasteiger charge is -2.05. The molecule has 0 radical (unpaired) electrons. The average molecular weight is 252 g/mol. The van der Waals surface area contributed by atoms with Gasteiger partial charge in [-0.15, -0.1) is 0 Å². The van der Waals surface area contributed by atoms with Gasteiger partial charge in [-0.2, -0.15) is 0 Å². The van der Waals surface area contributed by atoms with Gasteiger partial charge in [0.15, 0.2) is 0 Å². The van der Waals surface area contributed by atoms with Gasteiger partial charge in [0.2, 0.25) is 0 Å². The second-order valence-electron chi connectivity index (χ2n) is 3.65. The largest absolute Gasteiger partial charge is 0.491 e. The van der Waals surface area contributed by atoms with Gasteiger partial charge in [0.1, 0.15) is 25.6 Å².